The number of aromatic nitrogens is 2. The van der Waals surface area contributed by atoms with Crippen molar-refractivity contribution in [3.8, 4) is 0 Å². The van der Waals surface area contributed by atoms with E-state index in [0.717, 1.165) is 4.57 Å². The van der Waals surface area contributed by atoms with Crippen LogP contribution in [0.15, 0.2) is 22.3 Å². The maximum atomic E-state index is 11.7. The number of ether oxygens (including phenoxy) is 1. The van der Waals surface area contributed by atoms with Gasteiger partial charge in [-0.15, -0.1) is 0 Å². The number of anilines is 1. The Hall–Kier alpha value is -2.33. The maximum Gasteiger partial charge on any atom is 0.351 e. The third-order valence-electron chi connectivity index (χ3n) is 2.82. The quantitative estimate of drug-likeness (QED) is 0.266. The Bertz CT molecular complexity index is 584. The number of nitrogens with zero attached hydrogens (tertiary/aromatic N) is 5. The van der Waals surface area contributed by atoms with Crippen molar-refractivity contribution in [2.75, 3.05) is 12.3 Å². The Balaban J connectivity index is 2.36. The molecule has 2 unspecified atom stereocenters. The molecule has 0 spiro atoms. The number of azide groups is 1. The van der Waals surface area contributed by atoms with Crippen molar-refractivity contribution in [3.05, 3.63) is 33.2 Å². The average Bonchev–Trinajstić information content (AvgIpc) is 2.73. The van der Waals surface area contributed by atoms with E-state index in [-0.39, 0.29) is 5.82 Å². The predicted octanol–water partition coefficient (Wildman–Crippen LogP) is -1.31. The molecule has 2 rings (SSSR count). The molecule has 11 nitrogen and oxygen atoms in total. The van der Waals surface area contributed by atoms with Crippen LogP contribution >= 0.6 is 0 Å². The lowest BCUT2D eigenvalue weighted by Crippen LogP contribution is -2.37. The van der Waals surface area contributed by atoms with Gasteiger partial charge in [-0.3, -0.25) is 4.57 Å². The minimum Gasteiger partial charge on any atom is -0.422 e. The number of hydrogen-bond donors (Lipinski definition) is 3. The monoisotopic (exact) mass is 284 g/mol. The van der Waals surface area contributed by atoms with Gasteiger partial charge in [-0.25, -0.2) is 4.79 Å². The smallest absolute Gasteiger partial charge is 0.351 e. The number of hydrogen-bond acceptors (Lipinski definition) is 8. The highest BCUT2D eigenvalue weighted by molar-refractivity contribution is 5.23. The molecule has 11 heteroatoms. The minimum absolute atomic E-state index is 0.0241. The molecule has 0 aromatic carbocycles. The molecule has 0 amide bonds. The normalized spacial score (nSPS) is 28.9. The van der Waals surface area contributed by atoms with Gasteiger partial charge in [-0.1, -0.05) is 0 Å². The van der Waals surface area contributed by atoms with Gasteiger partial charge in [0.15, 0.2) is 12.3 Å². The molecule has 1 fully saturated rings. The highest BCUT2D eigenvalue weighted by atomic mass is 16.7. The number of aliphatic hydroxyl groups excluding tert-OH is 2. The van der Waals surface area contributed by atoms with Gasteiger partial charge >= 0.3 is 5.69 Å². The largest absolute Gasteiger partial charge is 0.422 e. The molecule has 1 aromatic rings. The van der Waals surface area contributed by atoms with E-state index in [1.54, 1.807) is 0 Å². The van der Waals surface area contributed by atoms with Gasteiger partial charge in [0, 0.05) is 11.1 Å². The van der Waals surface area contributed by atoms with Gasteiger partial charge in [0.25, 0.3) is 0 Å². The summed E-state index contributed by atoms with van der Waals surface area (Å²) in [5.74, 6) is 0.0241. The lowest BCUT2D eigenvalue weighted by molar-refractivity contribution is -0.0749. The molecule has 0 bridgehead atoms. The zero-order valence-electron chi connectivity index (χ0n) is 10.1. The van der Waals surface area contributed by atoms with Crippen molar-refractivity contribution in [1.29, 1.82) is 0 Å². The average molecular weight is 284 g/mol. The number of rotatable bonds is 4. The second-order valence-corrected chi connectivity index (χ2v) is 4.02. The van der Waals surface area contributed by atoms with Crippen LogP contribution in [-0.2, 0) is 9.57 Å². The summed E-state index contributed by atoms with van der Waals surface area (Å²) in [7, 11) is 0. The van der Waals surface area contributed by atoms with Crippen LogP contribution in [0.25, 0.3) is 10.4 Å². The van der Waals surface area contributed by atoms with E-state index in [1.165, 1.54) is 12.3 Å². The van der Waals surface area contributed by atoms with Crippen molar-refractivity contribution in [2.45, 2.75) is 24.5 Å². The van der Waals surface area contributed by atoms with Crippen molar-refractivity contribution < 1.29 is 19.8 Å². The van der Waals surface area contributed by atoms with Gasteiger partial charge in [0.05, 0.1) is 6.61 Å². The van der Waals surface area contributed by atoms with Crippen LogP contribution in [0, 0.1) is 0 Å². The lowest BCUT2D eigenvalue weighted by Gasteiger charge is -2.19. The molecule has 0 saturated carbocycles. The van der Waals surface area contributed by atoms with Gasteiger partial charge in [0.1, 0.15) is 23.3 Å². The fraction of sp³-hybridized carbons (Fsp3) is 0.556. The van der Waals surface area contributed by atoms with Gasteiger partial charge in [0.2, 0.25) is 0 Å². The van der Waals surface area contributed by atoms with Crippen LogP contribution in [0.4, 0.5) is 5.82 Å². The van der Waals surface area contributed by atoms with E-state index in [2.05, 4.69) is 15.2 Å². The first kappa shape index (κ1) is 14.1. The highest BCUT2D eigenvalue weighted by Crippen LogP contribution is 2.30. The summed E-state index contributed by atoms with van der Waals surface area (Å²) in [5.41, 5.74) is 12.9. The van der Waals surface area contributed by atoms with Gasteiger partial charge in [-0.2, -0.15) is 4.98 Å². The molecule has 4 N–H and O–H groups in total. The molecular weight excluding hydrogens is 272 g/mol. The molecule has 1 aromatic heterocycles. The summed E-state index contributed by atoms with van der Waals surface area (Å²) in [6.45, 7) is -0.495. The Kier molecular flexibility index (Phi) is 4.05. The maximum absolute atomic E-state index is 11.7. The molecule has 0 radical (unpaired) electrons. The number of aliphatic hydroxyl groups is 2. The van der Waals surface area contributed by atoms with Crippen LogP contribution in [0.5, 0.6) is 0 Å². The third kappa shape index (κ3) is 2.51. The topological polar surface area (TPSA) is 169 Å². The zero-order valence-corrected chi connectivity index (χ0v) is 10.1. The van der Waals surface area contributed by atoms with Crippen molar-refractivity contribution in [1.82, 2.24) is 9.55 Å². The van der Waals surface area contributed by atoms with Crippen LogP contribution < -0.4 is 11.4 Å². The predicted molar refractivity (Wildman–Crippen MR) is 63.9 cm³/mol. The van der Waals surface area contributed by atoms with Crippen LogP contribution in [0.1, 0.15) is 6.23 Å². The molecule has 0 aliphatic carbocycles. The Morgan fingerprint density at radius 2 is 2.45 bits per heavy atom. The second-order valence-electron chi connectivity index (χ2n) is 4.02. The summed E-state index contributed by atoms with van der Waals surface area (Å²) in [4.78, 5) is 22.4. The van der Waals surface area contributed by atoms with E-state index in [1.807, 2.05) is 0 Å². The van der Waals surface area contributed by atoms with E-state index in [4.69, 9.17) is 25.9 Å². The molecular formula is C9H12N6O5. The zero-order chi connectivity index (χ0) is 14.7. The van der Waals surface area contributed by atoms with E-state index in [9.17, 15) is 9.90 Å². The van der Waals surface area contributed by atoms with Crippen LogP contribution in [0.2, 0.25) is 0 Å². The number of nitrogens with two attached hydrogens (primary N) is 1. The summed E-state index contributed by atoms with van der Waals surface area (Å²) in [6.07, 6.45) is -3.23. The van der Waals surface area contributed by atoms with Crippen LogP contribution in [-0.4, -0.2) is 44.7 Å². The molecule has 1 aliphatic rings. The summed E-state index contributed by atoms with van der Waals surface area (Å²) >= 11 is 0. The molecule has 1 saturated heterocycles. The molecule has 2 heterocycles. The highest BCUT2D eigenvalue weighted by Gasteiger charge is 2.46. The first-order chi connectivity index (χ1) is 9.58. The second kappa shape index (κ2) is 5.75. The summed E-state index contributed by atoms with van der Waals surface area (Å²) < 4.78 is 6.33. The number of nitrogen functional groups attached to an aromatic ring is 1. The molecule has 20 heavy (non-hydrogen) atoms. The fourth-order valence-electron chi connectivity index (χ4n) is 1.90. The Morgan fingerprint density at radius 3 is 3.05 bits per heavy atom. The molecule has 4 atom stereocenters. The standard InChI is InChI=1S/C9H12N6O5/c10-5-1-2-15(9(18)12-5)8-7(20-14-13-11)6(17)4(3-16)19-8/h1-2,4,6-8,16-17H,3H2,(H2,10,12,18)/t4-,6?,7?,8-/m1/s1. The van der Waals surface area contributed by atoms with E-state index < -0.39 is 36.8 Å². The first-order valence-electron chi connectivity index (χ1n) is 5.57. The Labute approximate surface area is 111 Å². The van der Waals surface area contributed by atoms with Gasteiger partial charge in [-0.05, 0) is 11.6 Å². The SMILES string of the molecule is [N-]=[N+]=NOC1C(O)[C@@H](CO)O[C@H]1n1ccc(N)nc1=O. The summed E-state index contributed by atoms with van der Waals surface area (Å²) in [6, 6.07) is 1.36. The molecule has 108 valence electrons. The van der Waals surface area contributed by atoms with E-state index in [0.29, 0.717) is 0 Å². The van der Waals surface area contributed by atoms with E-state index >= 15 is 0 Å². The molecule has 1 aliphatic heterocycles. The van der Waals surface area contributed by atoms with Crippen LogP contribution in [0.3, 0.4) is 0 Å². The summed E-state index contributed by atoms with van der Waals surface area (Å²) in [5, 5.41) is 21.9. The third-order valence-corrected chi connectivity index (χ3v) is 2.82. The fourth-order valence-corrected chi connectivity index (χ4v) is 1.90. The Morgan fingerprint density at radius 1 is 1.70 bits per heavy atom. The minimum atomic E-state index is -1.28. The first-order valence-corrected chi connectivity index (χ1v) is 5.57. The van der Waals surface area contributed by atoms with Gasteiger partial charge < -0.3 is 25.5 Å². The van der Waals surface area contributed by atoms with Crippen molar-refractivity contribution in [3.63, 3.8) is 0 Å². The lowest BCUT2D eigenvalue weighted by atomic mass is 10.1. The van der Waals surface area contributed by atoms with Crippen molar-refractivity contribution in [2.24, 2.45) is 5.28 Å². The van der Waals surface area contributed by atoms with Crippen molar-refractivity contribution >= 4 is 5.82 Å².